The zero-order chi connectivity index (χ0) is 15.1. The summed E-state index contributed by atoms with van der Waals surface area (Å²) in [5.74, 6) is 0.907. The fourth-order valence-corrected chi connectivity index (χ4v) is 3.07. The number of carboxylic acid groups (broad SMARTS) is 1. The van der Waals surface area contributed by atoms with Gasteiger partial charge in [-0.2, -0.15) is 11.8 Å². The molecule has 0 unspecified atom stereocenters. The highest BCUT2D eigenvalue weighted by Crippen LogP contribution is 2.21. The molecule has 2 rings (SSSR count). The number of thioether (sulfide) groups is 1. The van der Waals surface area contributed by atoms with Crippen LogP contribution in [-0.2, 0) is 16.3 Å². The monoisotopic (exact) mass is 298 g/mol. The molecule has 0 bridgehead atoms. The predicted octanol–water partition coefficient (Wildman–Crippen LogP) is 4.53. The van der Waals surface area contributed by atoms with Crippen LogP contribution >= 0.6 is 11.8 Å². The fraction of sp³-hybridized carbons (Fsp3) is 0.167. The lowest BCUT2D eigenvalue weighted by atomic mass is 10.1. The molecular weight excluding hydrogens is 280 g/mol. The third-order valence-corrected chi connectivity index (χ3v) is 4.12. The lowest BCUT2D eigenvalue weighted by Crippen LogP contribution is -1.90. The van der Waals surface area contributed by atoms with Crippen LogP contribution in [0.25, 0.3) is 6.08 Å². The van der Waals surface area contributed by atoms with Gasteiger partial charge in [0.15, 0.2) is 0 Å². The number of aryl methyl sites for hydroxylation is 1. The minimum Gasteiger partial charge on any atom is -0.478 e. The number of rotatable bonds is 6. The Balaban J connectivity index is 1.98. The highest BCUT2D eigenvalue weighted by atomic mass is 32.2. The van der Waals surface area contributed by atoms with Crippen molar-refractivity contribution in [2.45, 2.75) is 18.4 Å². The highest BCUT2D eigenvalue weighted by Gasteiger charge is 2.01. The zero-order valence-corrected chi connectivity index (χ0v) is 12.8. The Kier molecular flexibility index (Phi) is 5.64. The van der Waals surface area contributed by atoms with Gasteiger partial charge in [-0.15, -0.1) is 0 Å². The van der Waals surface area contributed by atoms with Gasteiger partial charge in [0.05, 0.1) is 0 Å². The summed E-state index contributed by atoms with van der Waals surface area (Å²) in [5.41, 5.74) is 4.72. The van der Waals surface area contributed by atoms with E-state index < -0.39 is 5.97 Å². The van der Waals surface area contributed by atoms with Gasteiger partial charge in [-0.25, -0.2) is 4.79 Å². The van der Waals surface area contributed by atoms with Gasteiger partial charge in [-0.1, -0.05) is 54.1 Å². The molecule has 3 heteroatoms. The number of hydrogen-bond donors (Lipinski definition) is 1. The molecule has 0 aliphatic carbocycles. The average Bonchev–Trinajstić information content (AvgIpc) is 2.46. The van der Waals surface area contributed by atoms with Gasteiger partial charge < -0.3 is 5.11 Å². The van der Waals surface area contributed by atoms with Crippen molar-refractivity contribution in [2.75, 3.05) is 0 Å². The molecule has 0 spiro atoms. The molecule has 0 radical (unpaired) electrons. The first-order valence-corrected chi connectivity index (χ1v) is 7.93. The van der Waals surface area contributed by atoms with E-state index in [9.17, 15) is 4.79 Å². The van der Waals surface area contributed by atoms with Crippen molar-refractivity contribution in [3.63, 3.8) is 0 Å². The Morgan fingerprint density at radius 1 is 1.14 bits per heavy atom. The first kappa shape index (κ1) is 15.4. The van der Waals surface area contributed by atoms with Gasteiger partial charge in [0, 0.05) is 17.6 Å². The van der Waals surface area contributed by atoms with E-state index in [0.29, 0.717) is 0 Å². The molecule has 108 valence electrons. The average molecular weight is 298 g/mol. The van der Waals surface area contributed by atoms with Crippen LogP contribution in [0, 0.1) is 6.92 Å². The SMILES string of the molecule is Cc1cccc(CSCc2ccccc2C=CC(=O)O)c1. The van der Waals surface area contributed by atoms with Crippen LogP contribution in [0.2, 0.25) is 0 Å². The highest BCUT2D eigenvalue weighted by molar-refractivity contribution is 7.97. The largest absolute Gasteiger partial charge is 0.478 e. The van der Waals surface area contributed by atoms with E-state index in [0.717, 1.165) is 22.6 Å². The molecule has 1 N–H and O–H groups in total. The number of benzene rings is 2. The number of aliphatic carboxylic acids is 1. The van der Waals surface area contributed by atoms with E-state index in [1.807, 2.05) is 36.0 Å². The molecule has 21 heavy (non-hydrogen) atoms. The number of carboxylic acids is 1. The fourth-order valence-electron chi connectivity index (χ4n) is 2.07. The molecule has 0 aliphatic rings. The van der Waals surface area contributed by atoms with Crippen LogP contribution in [0.5, 0.6) is 0 Å². The molecule has 0 aromatic heterocycles. The minimum absolute atomic E-state index is 0.869. The second kappa shape index (κ2) is 7.70. The molecule has 2 nitrogen and oxygen atoms in total. The summed E-state index contributed by atoms with van der Waals surface area (Å²) in [5, 5.41) is 8.72. The summed E-state index contributed by atoms with van der Waals surface area (Å²) < 4.78 is 0. The van der Waals surface area contributed by atoms with Gasteiger partial charge in [0.2, 0.25) is 0 Å². The van der Waals surface area contributed by atoms with E-state index in [4.69, 9.17) is 5.11 Å². The number of hydrogen-bond acceptors (Lipinski definition) is 2. The molecule has 0 heterocycles. The first-order valence-electron chi connectivity index (χ1n) is 6.77. The van der Waals surface area contributed by atoms with Crippen molar-refractivity contribution >= 4 is 23.8 Å². The normalized spacial score (nSPS) is 10.9. The van der Waals surface area contributed by atoms with E-state index >= 15 is 0 Å². The topological polar surface area (TPSA) is 37.3 Å². The summed E-state index contributed by atoms with van der Waals surface area (Å²) in [4.78, 5) is 10.6. The van der Waals surface area contributed by atoms with Crippen molar-refractivity contribution in [3.8, 4) is 0 Å². The van der Waals surface area contributed by atoms with Crippen molar-refractivity contribution < 1.29 is 9.90 Å². The molecule has 2 aromatic rings. The predicted molar refractivity (Wildman–Crippen MR) is 89.3 cm³/mol. The first-order chi connectivity index (χ1) is 10.1. The van der Waals surface area contributed by atoms with Crippen molar-refractivity contribution in [3.05, 3.63) is 76.9 Å². The van der Waals surface area contributed by atoms with Gasteiger partial charge >= 0.3 is 5.97 Å². The molecule has 0 saturated carbocycles. The van der Waals surface area contributed by atoms with Crippen LogP contribution < -0.4 is 0 Å². The van der Waals surface area contributed by atoms with Crippen LogP contribution in [0.1, 0.15) is 22.3 Å². The van der Waals surface area contributed by atoms with Crippen molar-refractivity contribution in [1.82, 2.24) is 0 Å². The molecule has 2 aromatic carbocycles. The maximum Gasteiger partial charge on any atom is 0.328 e. The second-order valence-electron chi connectivity index (χ2n) is 4.85. The summed E-state index contributed by atoms with van der Waals surface area (Å²) in [7, 11) is 0. The third-order valence-electron chi connectivity index (χ3n) is 3.07. The summed E-state index contributed by atoms with van der Waals surface area (Å²) in [6.45, 7) is 2.10. The van der Waals surface area contributed by atoms with E-state index in [2.05, 4.69) is 31.2 Å². The zero-order valence-electron chi connectivity index (χ0n) is 12.0. The van der Waals surface area contributed by atoms with Crippen LogP contribution in [0.15, 0.2) is 54.6 Å². The quantitative estimate of drug-likeness (QED) is 0.796. The lowest BCUT2D eigenvalue weighted by Gasteiger charge is -2.06. The molecule has 0 fully saturated rings. The van der Waals surface area contributed by atoms with E-state index in [1.54, 1.807) is 6.08 Å². The Morgan fingerprint density at radius 3 is 2.71 bits per heavy atom. The third kappa shape index (κ3) is 5.12. The van der Waals surface area contributed by atoms with E-state index in [1.165, 1.54) is 17.2 Å². The Bertz CT molecular complexity index is 647. The number of carbonyl (C=O) groups is 1. The Labute approximate surface area is 129 Å². The van der Waals surface area contributed by atoms with Gasteiger partial charge in [0.25, 0.3) is 0 Å². The van der Waals surface area contributed by atoms with Crippen LogP contribution in [-0.4, -0.2) is 11.1 Å². The van der Waals surface area contributed by atoms with Gasteiger partial charge in [0.1, 0.15) is 0 Å². The van der Waals surface area contributed by atoms with Crippen molar-refractivity contribution in [1.29, 1.82) is 0 Å². The second-order valence-corrected chi connectivity index (χ2v) is 5.84. The molecule has 0 atom stereocenters. The minimum atomic E-state index is -0.919. The summed E-state index contributed by atoms with van der Waals surface area (Å²) in [6.07, 6.45) is 2.84. The smallest absolute Gasteiger partial charge is 0.328 e. The maximum absolute atomic E-state index is 10.6. The maximum atomic E-state index is 10.6. The van der Waals surface area contributed by atoms with Gasteiger partial charge in [-0.05, 0) is 29.7 Å². The Morgan fingerprint density at radius 2 is 1.95 bits per heavy atom. The lowest BCUT2D eigenvalue weighted by molar-refractivity contribution is -0.131. The molecule has 0 amide bonds. The molecular formula is C18H18O2S. The van der Waals surface area contributed by atoms with Gasteiger partial charge in [-0.3, -0.25) is 0 Å². The molecule has 0 saturated heterocycles. The summed E-state index contributed by atoms with van der Waals surface area (Å²) in [6, 6.07) is 16.4. The van der Waals surface area contributed by atoms with Crippen LogP contribution in [0.4, 0.5) is 0 Å². The van der Waals surface area contributed by atoms with Crippen molar-refractivity contribution in [2.24, 2.45) is 0 Å². The standard InChI is InChI=1S/C18H18O2S/c1-14-5-4-6-15(11-14)12-21-13-17-8-3-2-7-16(17)9-10-18(19)20/h2-11H,12-13H2,1H3,(H,19,20). The Hall–Kier alpha value is -2.00. The summed E-state index contributed by atoms with van der Waals surface area (Å²) >= 11 is 1.84. The molecule has 0 aliphatic heterocycles. The van der Waals surface area contributed by atoms with Crippen LogP contribution in [0.3, 0.4) is 0 Å². The van der Waals surface area contributed by atoms with E-state index in [-0.39, 0.29) is 0 Å².